The summed E-state index contributed by atoms with van der Waals surface area (Å²) in [6.07, 6.45) is 4.17. The zero-order valence-corrected chi connectivity index (χ0v) is 17.7. The first-order valence-electron chi connectivity index (χ1n) is 8.62. The van der Waals surface area contributed by atoms with Gasteiger partial charge in [0.1, 0.15) is 6.26 Å². The second-order valence-corrected chi connectivity index (χ2v) is 8.85. The highest BCUT2D eigenvalue weighted by Gasteiger charge is 2.37. The molecule has 0 aliphatic carbocycles. The van der Waals surface area contributed by atoms with E-state index in [0.29, 0.717) is 22.5 Å². The Bertz CT molecular complexity index is 624. The summed E-state index contributed by atoms with van der Waals surface area (Å²) in [5, 5.41) is 0.893. The van der Waals surface area contributed by atoms with Crippen molar-refractivity contribution in [3.8, 4) is 0 Å². The molecule has 146 valence electrons. The minimum Gasteiger partial charge on any atom is -0.598 e. The molecule has 0 aromatic heterocycles. The van der Waals surface area contributed by atoms with Gasteiger partial charge in [-0.25, -0.2) is 0 Å². The summed E-state index contributed by atoms with van der Waals surface area (Å²) in [7, 11) is 1.40. The third-order valence-corrected chi connectivity index (χ3v) is 6.45. The molecule has 1 saturated heterocycles. The molecule has 1 aliphatic heterocycles. The Morgan fingerprint density at radius 3 is 2.58 bits per heavy atom. The fraction of sp³-hybridized carbons (Fsp3) is 0.611. The van der Waals surface area contributed by atoms with Gasteiger partial charge in [0.25, 0.3) is 0 Å². The smallest absolute Gasteiger partial charge is 0.316 e. The number of nitrogens with one attached hydrogen (secondary N) is 1. The molecule has 0 spiro atoms. The number of benzene rings is 1. The lowest BCUT2D eigenvalue weighted by molar-refractivity contribution is -0.147. The number of ether oxygens (including phenoxy) is 1. The van der Waals surface area contributed by atoms with Gasteiger partial charge in [0.05, 0.1) is 28.6 Å². The predicted octanol–water partition coefficient (Wildman–Crippen LogP) is 3.16. The molecular weight excluding hydrogens is 395 g/mol. The lowest BCUT2D eigenvalue weighted by Crippen LogP contribution is -2.46. The van der Waals surface area contributed by atoms with E-state index in [0.717, 1.165) is 38.0 Å². The van der Waals surface area contributed by atoms with Gasteiger partial charge >= 0.3 is 5.97 Å². The van der Waals surface area contributed by atoms with Gasteiger partial charge in [0.15, 0.2) is 0 Å². The molecule has 5 nitrogen and oxygen atoms in total. The summed E-state index contributed by atoms with van der Waals surface area (Å²) in [5.41, 5.74) is 0.0138. The summed E-state index contributed by atoms with van der Waals surface area (Å²) in [6, 6.07) is 5.58. The molecule has 1 aromatic carbocycles. The number of carbonyl (C=O) groups is 1. The van der Waals surface area contributed by atoms with Crippen molar-refractivity contribution in [2.24, 2.45) is 0 Å². The molecule has 8 heteroatoms. The van der Waals surface area contributed by atoms with Gasteiger partial charge in [-0.3, -0.25) is 4.79 Å². The van der Waals surface area contributed by atoms with Crippen LogP contribution in [0.15, 0.2) is 18.2 Å². The van der Waals surface area contributed by atoms with Crippen LogP contribution in [-0.4, -0.2) is 54.5 Å². The number of hydrogen-bond acceptors (Lipinski definition) is 5. The van der Waals surface area contributed by atoms with E-state index >= 15 is 0 Å². The van der Waals surface area contributed by atoms with Gasteiger partial charge in [-0.1, -0.05) is 29.3 Å². The van der Waals surface area contributed by atoms with Crippen LogP contribution in [0.2, 0.25) is 10.0 Å². The van der Waals surface area contributed by atoms with Gasteiger partial charge in [-0.15, -0.1) is 4.72 Å². The molecular formula is C18H26Cl2N2O3S. The quantitative estimate of drug-likeness (QED) is 0.541. The summed E-state index contributed by atoms with van der Waals surface area (Å²) in [6.45, 7) is 4.47. The van der Waals surface area contributed by atoms with Gasteiger partial charge in [0, 0.05) is 11.4 Å². The summed E-state index contributed by atoms with van der Waals surface area (Å²) in [5.74, 6) is -0.283. The summed E-state index contributed by atoms with van der Waals surface area (Å²) in [4.78, 5) is 14.8. The molecule has 2 atom stereocenters. The fourth-order valence-corrected chi connectivity index (χ4v) is 4.32. The summed E-state index contributed by atoms with van der Waals surface area (Å²) >= 11 is 11.2. The number of methoxy groups -OCH3 is 1. The Morgan fingerprint density at radius 2 is 2.04 bits per heavy atom. The number of piperidine rings is 1. The second-order valence-electron chi connectivity index (χ2n) is 6.89. The van der Waals surface area contributed by atoms with E-state index < -0.39 is 16.8 Å². The van der Waals surface area contributed by atoms with Crippen molar-refractivity contribution in [2.75, 3.05) is 33.0 Å². The fourth-order valence-electron chi connectivity index (χ4n) is 3.32. The maximum absolute atomic E-state index is 12.5. The SMILES string of the molecule is COC(=O)C(C)(CCN1CCC(N[S@+](C)[O-])CC1)c1ccc(Cl)c(Cl)c1. The lowest BCUT2D eigenvalue weighted by atomic mass is 9.79. The maximum atomic E-state index is 12.5. The molecule has 1 aliphatic rings. The van der Waals surface area contributed by atoms with E-state index in [9.17, 15) is 9.35 Å². The molecule has 1 aromatic rings. The van der Waals surface area contributed by atoms with Crippen molar-refractivity contribution in [1.29, 1.82) is 0 Å². The van der Waals surface area contributed by atoms with E-state index in [-0.39, 0.29) is 5.97 Å². The van der Waals surface area contributed by atoms with Crippen molar-refractivity contribution in [3.05, 3.63) is 33.8 Å². The molecule has 0 saturated carbocycles. The number of halogens is 2. The second kappa shape index (κ2) is 9.62. The number of carbonyl (C=O) groups excluding carboxylic acids is 1. The van der Waals surface area contributed by atoms with Crippen molar-refractivity contribution in [2.45, 2.75) is 37.6 Å². The molecule has 0 amide bonds. The van der Waals surface area contributed by atoms with E-state index in [1.807, 2.05) is 13.0 Å². The topological polar surface area (TPSA) is 64.6 Å². The molecule has 2 rings (SSSR count). The highest BCUT2D eigenvalue weighted by molar-refractivity contribution is 7.88. The standard InChI is InChI=1S/C18H26Cl2N2O3S/c1-18(17(23)25-2,13-4-5-15(19)16(20)12-13)8-11-22-9-6-14(7-10-22)21-26(3)24/h4-5,12,14,21H,6-11H2,1-3H3/t18?,26-/m0/s1. The van der Waals surface area contributed by atoms with E-state index in [1.165, 1.54) is 7.11 Å². The Hall–Kier alpha value is -0.500. The van der Waals surface area contributed by atoms with Gasteiger partial charge in [-0.2, -0.15) is 0 Å². The first-order valence-corrected chi connectivity index (χ1v) is 10.9. The molecule has 1 N–H and O–H groups in total. The minimum absolute atomic E-state index is 0.283. The van der Waals surface area contributed by atoms with Crippen LogP contribution in [0.5, 0.6) is 0 Å². The van der Waals surface area contributed by atoms with E-state index in [1.54, 1.807) is 18.4 Å². The van der Waals surface area contributed by atoms with Crippen LogP contribution in [0.4, 0.5) is 0 Å². The number of likely N-dealkylation sites (tertiary alicyclic amines) is 1. The van der Waals surface area contributed by atoms with Crippen molar-refractivity contribution < 1.29 is 14.1 Å². The number of nitrogens with zero attached hydrogens (tertiary/aromatic N) is 1. The average Bonchev–Trinajstić information content (AvgIpc) is 2.62. The van der Waals surface area contributed by atoms with Gasteiger partial charge < -0.3 is 14.2 Å². The van der Waals surface area contributed by atoms with E-state index in [4.69, 9.17) is 27.9 Å². The third kappa shape index (κ3) is 5.50. The third-order valence-electron chi connectivity index (χ3n) is 5.04. The van der Waals surface area contributed by atoms with Gasteiger partial charge in [-0.05, 0) is 63.5 Å². The van der Waals surface area contributed by atoms with Crippen LogP contribution < -0.4 is 4.72 Å². The highest BCUT2D eigenvalue weighted by atomic mass is 35.5. The maximum Gasteiger partial charge on any atom is 0.316 e. The first-order chi connectivity index (χ1) is 12.3. The predicted molar refractivity (Wildman–Crippen MR) is 107 cm³/mol. The normalized spacial score (nSPS) is 19.8. The molecule has 1 heterocycles. The Kier molecular flexibility index (Phi) is 8.07. The first kappa shape index (κ1) is 21.8. The van der Waals surface area contributed by atoms with Crippen LogP contribution in [0, 0.1) is 0 Å². The van der Waals surface area contributed by atoms with Gasteiger partial charge in [0.2, 0.25) is 0 Å². The van der Waals surface area contributed by atoms with Crippen LogP contribution in [-0.2, 0) is 26.3 Å². The Labute approximate surface area is 168 Å². The average molecular weight is 421 g/mol. The monoisotopic (exact) mass is 420 g/mol. The van der Waals surface area contributed by atoms with Crippen LogP contribution in [0.25, 0.3) is 0 Å². The van der Waals surface area contributed by atoms with E-state index in [2.05, 4.69) is 9.62 Å². The van der Waals surface area contributed by atoms with Crippen molar-refractivity contribution in [3.63, 3.8) is 0 Å². The van der Waals surface area contributed by atoms with Crippen LogP contribution in [0.1, 0.15) is 31.7 Å². The number of esters is 1. The largest absolute Gasteiger partial charge is 0.598 e. The zero-order valence-electron chi connectivity index (χ0n) is 15.4. The lowest BCUT2D eigenvalue weighted by Gasteiger charge is -2.35. The number of hydrogen-bond donors (Lipinski definition) is 1. The molecule has 0 bridgehead atoms. The van der Waals surface area contributed by atoms with Crippen LogP contribution >= 0.6 is 23.2 Å². The number of rotatable bonds is 7. The Morgan fingerprint density at radius 1 is 1.38 bits per heavy atom. The summed E-state index contributed by atoms with van der Waals surface area (Å²) < 4.78 is 19.4. The molecule has 0 radical (unpaired) electrons. The van der Waals surface area contributed by atoms with Crippen molar-refractivity contribution >= 4 is 40.5 Å². The molecule has 1 fully saturated rings. The molecule has 26 heavy (non-hydrogen) atoms. The minimum atomic E-state index is -0.982. The zero-order chi connectivity index (χ0) is 19.3. The van der Waals surface area contributed by atoms with Crippen molar-refractivity contribution in [1.82, 2.24) is 9.62 Å². The Balaban J connectivity index is 2.03. The molecule has 1 unspecified atom stereocenters. The van der Waals surface area contributed by atoms with Crippen LogP contribution in [0.3, 0.4) is 0 Å². The highest BCUT2D eigenvalue weighted by Crippen LogP contribution is 2.34.